The Morgan fingerprint density at radius 1 is 0.926 bits per heavy atom. The summed E-state index contributed by atoms with van der Waals surface area (Å²) < 4.78 is 5.02. The first-order valence-electron chi connectivity index (χ1n) is 10.2. The van der Waals surface area contributed by atoms with E-state index in [1.807, 2.05) is 32.0 Å². The normalized spacial score (nSPS) is 10.9. The number of hydrogen-bond donors (Lipinski definition) is 0. The van der Waals surface area contributed by atoms with Crippen molar-refractivity contribution in [1.29, 1.82) is 0 Å². The molecular formula is C22H36N2O3. The van der Waals surface area contributed by atoms with Crippen molar-refractivity contribution in [3.8, 4) is 0 Å². The van der Waals surface area contributed by atoms with Gasteiger partial charge < -0.3 is 14.5 Å². The van der Waals surface area contributed by atoms with E-state index in [-0.39, 0.29) is 18.3 Å². The number of unbranched alkanes of at least 4 members (excludes halogenated alkanes) is 1. The molecule has 1 aromatic rings. The first-order valence-corrected chi connectivity index (χ1v) is 10.2. The number of hydrogen-bond acceptors (Lipinski definition) is 4. The summed E-state index contributed by atoms with van der Waals surface area (Å²) in [6.45, 7) is 14.7. The quantitative estimate of drug-likeness (QED) is 0.411. The minimum Gasteiger partial charge on any atom is -0.466 e. The van der Waals surface area contributed by atoms with Crippen molar-refractivity contribution in [3.05, 3.63) is 34.9 Å². The molecule has 0 heterocycles. The van der Waals surface area contributed by atoms with Crippen LogP contribution in [-0.2, 0) is 9.53 Å². The lowest BCUT2D eigenvalue weighted by Gasteiger charge is -2.24. The second-order valence-electron chi connectivity index (χ2n) is 6.88. The fourth-order valence-corrected chi connectivity index (χ4v) is 3.01. The minimum atomic E-state index is -0.251. The first kappa shape index (κ1) is 23.2. The van der Waals surface area contributed by atoms with Crippen LogP contribution in [0.1, 0.15) is 61.5 Å². The average molecular weight is 377 g/mol. The highest BCUT2D eigenvalue weighted by molar-refractivity contribution is 5.94. The molecule has 0 radical (unpaired) electrons. The fraction of sp³-hybridized carbons (Fsp3) is 0.636. The van der Waals surface area contributed by atoms with Crippen molar-refractivity contribution in [1.82, 2.24) is 9.80 Å². The van der Waals surface area contributed by atoms with E-state index in [9.17, 15) is 9.59 Å². The molecule has 5 nitrogen and oxygen atoms in total. The number of amides is 1. The molecule has 0 atom stereocenters. The second kappa shape index (κ2) is 12.5. The lowest BCUT2D eigenvalue weighted by atomic mass is 10.1. The molecule has 1 aromatic carbocycles. The summed E-state index contributed by atoms with van der Waals surface area (Å²) in [4.78, 5) is 28.9. The SMILES string of the molecule is CCOC(=O)CCN(CCCCN(CC)CC)C(=O)c1ccc(C)c(C)c1. The summed E-state index contributed by atoms with van der Waals surface area (Å²) in [7, 11) is 0. The molecule has 0 bridgehead atoms. The molecule has 5 heteroatoms. The predicted molar refractivity (Wildman–Crippen MR) is 110 cm³/mol. The zero-order valence-electron chi connectivity index (χ0n) is 17.7. The molecule has 0 saturated heterocycles. The maximum atomic E-state index is 13.0. The molecule has 0 aliphatic rings. The number of nitrogens with zero attached hydrogens (tertiary/aromatic N) is 2. The van der Waals surface area contributed by atoms with Gasteiger partial charge in [0.2, 0.25) is 0 Å². The number of ether oxygens (including phenoxy) is 1. The van der Waals surface area contributed by atoms with Gasteiger partial charge in [-0.25, -0.2) is 0 Å². The van der Waals surface area contributed by atoms with Crippen molar-refractivity contribution in [2.45, 2.75) is 53.9 Å². The maximum absolute atomic E-state index is 13.0. The van der Waals surface area contributed by atoms with Gasteiger partial charge in [0, 0.05) is 18.7 Å². The molecule has 0 saturated carbocycles. The lowest BCUT2D eigenvalue weighted by molar-refractivity contribution is -0.143. The number of esters is 1. The van der Waals surface area contributed by atoms with Gasteiger partial charge in [-0.15, -0.1) is 0 Å². The van der Waals surface area contributed by atoms with Crippen molar-refractivity contribution < 1.29 is 14.3 Å². The molecule has 1 amide bonds. The molecule has 0 aliphatic carbocycles. The summed E-state index contributed by atoms with van der Waals surface area (Å²) in [6, 6.07) is 5.79. The van der Waals surface area contributed by atoms with E-state index in [0.717, 1.165) is 38.0 Å². The van der Waals surface area contributed by atoms with E-state index in [4.69, 9.17) is 4.74 Å². The largest absolute Gasteiger partial charge is 0.466 e. The predicted octanol–water partition coefficient (Wildman–Crippen LogP) is 3.82. The highest BCUT2D eigenvalue weighted by Crippen LogP contribution is 2.13. The van der Waals surface area contributed by atoms with E-state index in [2.05, 4.69) is 18.7 Å². The Kier molecular flexibility index (Phi) is 10.7. The summed E-state index contributed by atoms with van der Waals surface area (Å²) in [6.07, 6.45) is 2.20. The zero-order valence-corrected chi connectivity index (χ0v) is 17.7. The van der Waals surface area contributed by atoms with E-state index < -0.39 is 0 Å². The van der Waals surface area contributed by atoms with Gasteiger partial charge in [-0.05, 0) is 76.5 Å². The van der Waals surface area contributed by atoms with Crippen molar-refractivity contribution in [3.63, 3.8) is 0 Å². The van der Waals surface area contributed by atoms with Crippen LogP contribution in [0, 0.1) is 13.8 Å². The molecule has 0 fully saturated rings. The Morgan fingerprint density at radius 3 is 2.19 bits per heavy atom. The van der Waals surface area contributed by atoms with Gasteiger partial charge in [-0.3, -0.25) is 9.59 Å². The Balaban J connectivity index is 2.72. The van der Waals surface area contributed by atoms with E-state index >= 15 is 0 Å². The lowest BCUT2D eigenvalue weighted by Crippen LogP contribution is -2.35. The highest BCUT2D eigenvalue weighted by atomic mass is 16.5. The standard InChI is InChI=1S/C22H36N2O3/c1-6-23(7-2)14-9-10-15-24(16-13-21(25)27-8-3)22(26)20-12-11-18(4)19(5)17-20/h11-12,17H,6-10,13-16H2,1-5H3. The monoisotopic (exact) mass is 376 g/mol. The Morgan fingerprint density at radius 2 is 1.59 bits per heavy atom. The summed E-state index contributed by atoms with van der Waals surface area (Å²) in [5.74, 6) is -0.260. The van der Waals surface area contributed by atoms with Gasteiger partial charge in [0.1, 0.15) is 0 Å². The molecule has 27 heavy (non-hydrogen) atoms. The topological polar surface area (TPSA) is 49.9 Å². The number of benzene rings is 1. The van der Waals surface area contributed by atoms with Crippen molar-refractivity contribution in [2.75, 3.05) is 39.3 Å². The summed E-state index contributed by atoms with van der Waals surface area (Å²) in [5.41, 5.74) is 2.96. The molecule has 0 spiro atoms. The van der Waals surface area contributed by atoms with Crippen LogP contribution in [0.15, 0.2) is 18.2 Å². The van der Waals surface area contributed by atoms with E-state index in [1.165, 1.54) is 5.56 Å². The van der Waals surface area contributed by atoms with Crippen LogP contribution in [0.25, 0.3) is 0 Å². The van der Waals surface area contributed by atoms with E-state index in [0.29, 0.717) is 25.3 Å². The number of aryl methyl sites for hydroxylation is 2. The van der Waals surface area contributed by atoms with Crippen molar-refractivity contribution in [2.24, 2.45) is 0 Å². The van der Waals surface area contributed by atoms with E-state index in [1.54, 1.807) is 11.8 Å². The minimum absolute atomic E-state index is 0.00904. The van der Waals surface area contributed by atoms with Crippen molar-refractivity contribution >= 4 is 11.9 Å². The van der Waals surface area contributed by atoms with Gasteiger partial charge in [0.25, 0.3) is 5.91 Å². The first-order chi connectivity index (χ1) is 12.9. The zero-order chi connectivity index (χ0) is 20.2. The van der Waals surface area contributed by atoms with Gasteiger partial charge in [-0.1, -0.05) is 19.9 Å². The van der Waals surface area contributed by atoms with Crippen LogP contribution in [0.3, 0.4) is 0 Å². The third kappa shape index (κ3) is 8.12. The Hall–Kier alpha value is -1.88. The molecule has 152 valence electrons. The Bertz CT molecular complexity index is 597. The smallest absolute Gasteiger partial charge is 0.307 e. The third-order valence-electron chi connectivity index (χ3n) is 4.98. The Labute approximate surface area is 164 Å². The number of carbonyl (C=O) groups is 2. The third-order valence-corrected chi connectivity index (χ3v) is 4.98. The highest BCUT2D eigenvalue weighted by Gasteiger charge is 2.17. The molecular weight excluding hydrogens is 340 g/mol. The van der Waals surface area contributed by atoms with Gasteiger partial charge >= 0.3 is 5.97 Å². The maximum Gasteiger partial charge on any atom is 0.307 e. The van der Waals surface area contributed by atoms with Crippen LogP contribution in [0.5, 0.6) is 0 Å². The van der Waals surface area contributed by atoms with Crippen LogP contribution in [-0.4, -0.2) is 61.0 Å². The number of rotatable bonds is 12. The fourth-order valence-electron chi connectivity index (χ4n) is 3.01. The average Bonchev–Trinajstić information content (AvgIpc) is 2.66. The molecule has 0 aromatic heterocycles. The summed E-state index contributed by atoms with van der Waals surface area (Å²) >= 11 is 0. The van der Waals surface area contributed by atoms with Crippen LogP contribution in [0.4, 0.5) is 0 Å². The van der Waals surface area contributed by atoms with Gasteiger partial charge in [-0.2, -0.15) is 0 Å². The van der Waals surface area contributed by atoms with Gasteiger partial charge in [0.15, 0.2) is 0 Å². The summed E-state index contributed by atoms with van der Waals surface area (Å²) in [5, 5.41) is 0. The van der Waals surface area contributed by atoms with Crippen LogP contribution < -0.4 is 0 Å². The molecule has 0 unspecified atom stereocenters. The second-order valence-corrected chi connectivity index (χ2v) is 6.88. The number of carbonyl (C=O) groups excluding carboxylic acids is 2. The molecule has 0 aliphatic heterocycles. The van der Waals surface area contributed by atoms with Crippen LogP contribution in [0.2, 0.25) is 0 Å². The van der Waals surface area contributed by atoms with Crippen LogP contribution >= 0.6 is 0 Å². The van der Waals surface area contributed by atoms with Gasteiger partial charge in [0.05, 0.1) is 13.0 Å². The molecule has 0 N–H and O–H groups in total. The molecule has 1 rings (SSSR count).